The van der Waals surface area contributed by atoms with Crippen LogP contribution in [0, 0.1) is 0 Å². The van der Waals surface area contributed by atoms with Gasteiger partial charge in [-0.15, -0.1) is 0 Å². The molecule has 0 saturated heterocycles. The van der Waals surface area contributed by atoms with Gasteiger partial charge in [0.05, 0.1) is 0 Å². The monoisotopic (exact) mass is 146 g/mol. The predicted molar refractivity (Wildman–Crippen MR) is 29.6 cm³/mol. The van der Waals surface area contributed by atoms with Crippen molar-refractivity contribution in [1.29, 1.82) is 0 Å². The van der Waals surface area contributed by atoms with Crippen molar-refractivity contribution in [3.05, 3.63) is 0 Å². The zero-order valence-electron chi connectivity index (χ0n) is 3.20. The molecule has 0 aromatic carbocycles. The van der Waals surface area contributed by atoms with Crippen molar-refractivity contribution in [3.8, 4) is 0 Å². The Morgan fingerprint density at radius 1 is 1.00 bits per heavy atom. The summed E-state index contributed by atoms with van der Waals surface area (Å²) in [6.45, 7) is 0. The van der Waals surface area contributed by atoms with E-state index < -0.39 is 21.1 Å². The van der Waals surface area contributed by atoms with Gasteiger partial charge in [0.1, 0.15) is 0 Å². The van der Waals surface area contributed by atoms with Gasteiger partial charge in [-0.2, -0.15) is 0 Å². The van der Waals surface area contributed by atoms with E-state index in [-0.39, 0.29) is 29.6 Å². The fourth-order valence-corrected chi connectivity index (χ4v) is 0.0680. The third-order valence-corrected chi connectivity index (χ3v) is 0.805. The van der Waals surface area contributed by atoms with Gasteiger partial charge in [0, 0.05) is 0 Å². The van der Waals surface area contributed by atoms with E-state index in [9.17, 15) is 18.0 Å². The maximum atomic E-state index is 9.63. The minimum atomic E-state index is -4.02. The van der Waals surface area contributed by atoms with Gasteiger partial charge >= 0.3 is 29.6 Å². The van der Waals surface area contributed by atoms with Crippen molar-refractivity contribution in [2.24, 2.45) is 0 Å². The second-order valence-corrected chi connectivity index (χ2v) is 2.34. The van der Waals surface area contributed by atoms with Crippen LogP contribution in [-0.4, -0.2) is 49.2 Å². The molecule has 0 unspecified atom stereocenters. The molecule has 0 rings (SSSR count). The summed E-state index contributed by atoms with van der Waals surface area (Å²) in [6, 6.07) is 0. The molecule has 42 valence electrons. The molecule has 0 atom stereocenters. The van der Waals surface area contributed by atoms with Crippen LogP contribution in [0.25, 0.3) is 0 Å². The first-order chi connectivity index (χ1) is 3.12. The molecule has 8 heavy (non-hydrogen) atoms. The number of hydrogen-bond donors (Lipinski definition) is 0. The fourth-order valence-electron chi connectivity index (χ4n) is 0.0227. The molecule has 0 aliphatic carbocycles. The molecule has 0 spiro atoms. The van der Waals surface area contributed by atoms with Crippen molar-refractivity contribution in [2.75, 3.05) is 0 Å². The van der Waals surface area contributed by atoms with Crippen LogP contribution in [0.2, 0.25) is 0 Å². The number of carbonyl (C=O) groups is 2. The quantitative estimate of drug-likeness (QED) is 0.338. The van der Waals surface area contributed by atoms with E-state index >= 15 is 0 Å². The molecular weight excluding hydrogens is 143 g/mol. The second-order valence-electron chi connectivity index (χ2n) is 0.781. The molecule has 0 amide bonds. The zero-order valence-corrected chi connectivity index (χ0v) is 4.01. The average molecular weight is 146 g/mol. The first kappa shape index (κ1) is 11.1. The minimum absolute atomic E-state index is 0. The van der Waals surface area contributed by atoms with E-state index in [4.69, 9.17) is 0 Å². The molecule has 4 nitrogen and oxygen atoms in total. The summed E-state index contributed by atoms with van der Waals surface area (Å²) in [6.07, 6.45) is 0. The Bertz CT molecular complexity index is 154. The Morgan fingerprint density at radius 3 is 1.25 bits per heavy atom. The molecule has 0 aromatic heterocycles. The van der Waals surface area contributed by atoms with Crippen LogP contribution in [0.1, 0.15) is 0 Å². The molecule has 0 bridgehead atoms. The van der Waals surface area contributed by atoms with Gasteiger partial charge in [-0.1, -0.05) is 0 Å². The molecule has 0 fully saturated rings. The molecule has 0 radical (unpaired) electrons. The molecule has 0 saturated carbocycles. The maximum absolute atomic E-state index is 9.63. The number of hydrogen-bond acceptors (Lipinski definition) is 4. The topological polar surface area (TPSA) is 68.3 Å². The van der Waals surface area contributed by atoms with E-state index in [2.05, 4.69) is 0 Å². The van der Waals surface area contributed by atoms with Crippen molar-refractivity contribution in [3.63, 3.8) is 0 Å². The third kappa shape index (κ3) is 4.45. The van der Waals surface area contributed by atoms with Crippen molar-refractivity contribution in [2.45, 2.75) is 0 Å². The van der Waals surface area contributed by atoms with Crippen molar-refractivity contribution >= 4 is 50.6 Å². The third-order valence-electron chi connectivity index (χ3n) is 0.268. The van der Waals surface area contributed by atoms with Crippen molar-refractivity contribution in [1.82, 2.24) is 0 Å². The van der Waals surface area contributed by atoms with Crippen LogP contribution < -0.4 is 0 Å². The van der Waals surface area contributed by atoms with Crippen LogP contribution in [0.15, 0.2) is 0 Å². The van der Waals surface area contributed by atoms with Gasteiger partial charge in [0.15, 0.2) is 0 Å². The van der Waals surface area contributed by atoms with Gasteiger partial charge in [0.25, 0.3) is 9.84 Å². The molecule has 6 heteroatoms. The van der Waals surface area contributed by atoms with E-state index in [0.29, 0.717) is 0 Å². The number of carbonyl (C=O) groups excluding carboxylic acids is 2. The molecule has 0 aromatic rings. The summed E-state index contributed by atoms with van der Waals surface area (Å²) in [5.41, 5.74) is -0.806. The molecular formula is C2H3NaO4S. The summed E-state index contributed by atoms with van der Waals surface area (Å²) >= 11 is 0. The summed E-state index contributed by atoms with van der Waals surface area (Å²) in [5, 5.41) is 0. The summed E-state index contributed by atoms with van der Waals surface area (Å²) in [4.78, 5) is 18.5. The van der Waals surface area contributed by atoms with Gasteiger partial charge in [0.2, 0.25) is 11.2 Å². The summed E-state index contributed by atoms with van der Waals surface area (Å²) in [5.74, 6) is 0. The van der Waals surface area contributed by atoms with Gasteiger partial charge in [-0.25, -0.2) is 8.42 Å². The second kappa shape index (κ2) is 4.20. The fraction of sp³-hybridized carbons (Fsp3) is 0. The number of sulfone groups is 1. The average Bonchev–Trinajstić information content (AvgIpc) is 1.68. The molecule has 0 N–H and O–H groups in total. The number of rotatable bonds is 2. The van der Waals surface area contributed by atoms with Gasteiger partial charge in [-0.3, -0.25) is 9.59 Å². The first-order valence-electron chi connectivity index (χ1n) is 1.28. The van der Waals surface area contributed by atoms with E-state index in [1.54, 1.807) is 0 Å². The Labute approximate surface area is 68.5 Å². The van der Waals surface area contributed by atoms with E-state index in [1.807, 2.05) is 0 Å². The SMILES string of the molecule is O=CS(=O)(=O)C=O.[NaH]. The molecule has 0 aliphatic rings. The normalized spacial score (nSPS) is 9.00. The van der Waals surface area contributed by atoms with Crippen LogP contribution in [0.3, 0.4) is 0 Å². The van der Waals surface area contributed by atoms with Crippen LogP contribution >= 0.6 is 0 Å². The Hall–Kier alpha value is 0.290. The van der Waals surface area contributed by atoms with Gasteiger partial charge in [-0.05, 0) is 0 Å². The Kier molecular flexibility index (Phi) is 5.84. The predicted octanol–water partition coefficient (Wildman–Crippen LogP) is -1.87. The van der Waals surface area contributed by atoms with E-state index in [0.717, 1.165) is 0 Å². The van der Waals surface area contributed by atoms with Crippen LogP contribution in [0.5, 0.6) is 0 Å². The Morgan fingerprint density at radius 2 is 1.25 bits per heavy atom. The Balaban J connectivity index is 0. The van der Waals surface area contributed by atoms with Gasteiger partial charge < -0.3 is 0 Å². The van der Waals surface area contributed by atoms with Crippen LogP contribution in [0.4, 0.5) is 0 Å². The standard InChI is InChI=1S/C2H2O4S.Na.H/c3-1-7(5,6)2-4;;/h1-2H;;. The molecule has 0 heterocycles. The summed E-state index contributed by atoms with van der Waals surface area (Å²) in [7, 11) is -4.02. The van der Waals surface area contributed by atoms with E-state index in [1.165, 1.54) is 0 Å². The zero-order chi connectivity index (χ0) is 5.91. The first-order valence-corrected chi connectivity index (χ1v) is 2.89. The summed E-state index contributed by atoms with van der Waals surface area (Å²) < 4.78 is 19.3. The van der Waals surface area contributed by atoms with Crippen molar-refractivity contribution < 1.29 is 18.0 Å². The molecule has 0 aliphatic heterocycles. The van der Waals surface area contributed by atoms with Crippen LogP contribution in [-0.2, 0) is 19.4 Å².